The second-order valence-corrected chi connectivity index (χ2v) is 11.7. The van der Waals surface area contributed by atoms with Crippen molar-refractivity contribution in [2.75, 3.05) is 0 Å². The van der Waals surface area contributed by atoms with Gasteiger partial charge in [-0.25, -0.2) is 0 Å². The molecule has 9 atom stereocenters. The molecule has 0 heterocycles. The van der Waals surface area contributed by atoms with E-state index in [0.717, 1.165) is 12.8 Å². The van der Waals surface area contributed by atoms with E-state index < -0.39 is 0 Å². The predicted octanol–water partition coefficient (Wildman–Crippen LogP) is 6.20. The number of hydrogen-bond acceptors (Lipinski definition) is 2. The van der Waals surface area contributed by atoms with Crippen molar-refractivity contribution in [2.24, 2.45) is 52.3 Å². The SMILES string of the molecule is CC(C)CC=C[C@@H](C)[C@H]1CC[C@H]2[C@@H]3CCC4CC(=O)C=C[C@]4(C)[C@H]3C[C@@H](O)[C@]12C. The van der Waals surface area contributed by atoms with Gasteiger partial charge in [-0.1, -0.05) is 52.8 Å². The standard InChI is InChI=1S/C27H42O2/c1-17(2)7-6-8-18(3)22-11-12-23-21-10-9-19-15-20(28)13-14-26(19,4)24(21)16-25(29)27(22,23)5/h6,8,13-14,17-19,21-25,29H,7,9-12,15-16H2,1-5H3/t18-,19?,21+,22-,23+,24+,25-,26+,27-/m1/s1. The molecule has 0 bridgehead atoms. The number of ketones is 1. The molecule has 0 aromatic heterocycles. The lowest BCUT2D eigenvalue weighted by Crippen LogP contribution is -2.57. The van der Waals surface area contributed by atoms with Gasteiger partial charge in [0.05, 0.1) is 6.10 Å². The topological polar surface area (TPSA) is 37.3 Å². The molecule has 4 aliphatic rings. The van der Waals surface area contributed by atoms with Gasteiger partial charge in [0.25, 0.3) is 0 Å². The highest BCUT2D eigenvalue weighted by molar-refractivity contribution is 5.91. The van der Waals surface area contributed by atoms with Crippen LogP contribution >= 0.6 is 0 Å². The Bertz CT molecular complexity index is 691. The molecule has 0 aromatic rings. The molecule has 0 aliphatic heterocycles. The molecule has 2 heteroatoms. The number of carbonyl (C=O) groups excluding carboxylic acids is 1. The highest BCUT2D eigenvalue weighted by atomic mass is 16.3. The van der Waals surface area contributed by atoms with Crippen molar-refractivity contribution >= 4 is 5.78 Å². The summed E-state index contributed by atoms with van der Waals surface area (Å²) in [7, 11) is 0. The molecular weight excluding hydrogens is 356 g/mol. The molecule has 4 aliphatic carbocycles. The third-order valence-corrected chi connectivity index (χ3v) is 9.90. The minimum atomic E-state index is -0.219. The summed E-state index contributed by atoms with van der Waals surface area (Å²) in [6.45, 7) is 11.7. The molecule has 29 heavy (non-hydrogen) atoms. The molecule has 1 unspecified atom stereocenters. The first-order chi connectivity index (χ1) is 13.7. The summed E-state index contributed by atoms with van der Waals surface area (Å²) in [5.41, 5.74) is 0.139. The molecule has 0 radical (unpaired) electrons. The number of hydrogen-bond donors (Lipinski definition) is 1. The van der Waals surface area contributed by atoms with Crippen LogP contribution in [0.5, 0.6) is 0 Å². The molecule has 3 saturated carbocycles. The van der Waals surface area contributed by atoms with Gasteiger partial charge in [-0.3, -0.25) is 4.79 Å². The Kier molecular flexibility index (Phi) is 5.64. The number of aliphatic hydroxyl groups excluding tert-OH is 1. The predicted molar refractivity (Wildman–Crippen MR) is 119 cm³/mol. The molecule has 0 saturated heterocycles. The minimum Gasteiger partial charge on any atom is -0.393 e. The smallest absolute Gasteiger partial charge is 0.155 e. The Morgan fingerprint density at radius 2 is 1.90 bits per heavy atom. The largest absolute Gasteiger partial charge is 0.393 e. The van der Waals surface area contributed by atoms with Crippen LogP contribution in [0.15, 0.2) is 24.3 Å². The summed E-state index contributed by atoms with van der Waals surface area (Å²) in [5.74, 6) is 4.48. The van der Waals surface area contributed by atoms with Gasteiger partial charge in [-0.15, -0.1) is 0 Å². The highest BCUT2D eigenvalue weighted by Crippen LogP contribution is 2.67. The third-order valence-electron chi connectivity index (χ3n) is 9.90. The summed E-state index contributed by atoms with van der Waals surface area (Å²) in [4.78, 5) is 12.0. The molecular formula is C27H42O2. The van der Waals surface area contributed by atoms with E-state index in [1.165, 1.54) is 25.7 Å². The van der Waals surface area contributed by atoms with Crippen molar-refractivity contribution in [1.82, 2.24) is 0 Å². The third kappa shape index (κ3) is 3.38. The van der Waals surface area contributed by atoms with E-state index in [-0.39, 0.29) is 16.9 Å². The van der Waals surface area contributed by atoms with Crippen molar-refractivity contribution in [3.8, 4) is 0 Å². The van der Waals surface area contributed by atoms with Crippen LogP contribution in [0.25, 0.3) is 0 Å². The van der Waals surface area contributed by atoms with Gasteiger partial charge in [0.15, 0.2) is 5.78 Å². The summed E-state index contributed by atoms with van der Waals surface area (Å²) in [6.07, 6.45) is 16.4. The van der Waals surface area contributed by atoms with Crippen molar-refractivity contribution < 1.29 is 9.90 Å². The Morgan fingerprint density at radius 1 is 1.14 bits per heavy atom. The van der Waals surface area contributed by atoms with Crippen molar-refractivity contribution in [2.45, 2.75) is 85.7 Å². The van der Waals surface area contributed by atoms with Crippen LogP contribution in [0.2, 0.25) is 0 Å². The summed E-state index contributed by atoms with van der Waals surface area (Å²) >= 11 is 0. The maximum atomic E-state index is 12.0. The van der Waals surface area contributed by atoms with Crippen molar-refractivity contribution in [3.63, 3.8) is 0 Å². The average molecular weight is 399 g/mol. The molecule has 4 rings (SSSR count). The van der Waals surface area contributed by atoms with Gasteiger partial charge in [0.2, 0.25) is 0 Å². The second-order valence-electron chi connectivity index (χ2n) is 11.7. The van der Waals surface area contributed by atoms with Crippen LogP contribution in [0, 0.1) is 52.3 Å². The van der Waals surface area contributed by atoms with Crippen LogP contribution in [0.1, 0.15) is 79.6 Å². The summed E-state index contributed by atoms with van der Waals surface area (Å²) < 4.78 is 0. The zero-order valence-electron chi connectivity index (χ0n) is 19.2. The van der Waals surface area contributed by atoms with Gasteiger partial charge in [-0.05, 0) is 96.9 Å². The normalized spacial score (nSPS) is 47.9. The van der Waals surface area contributed by atoms with E-state index in [1.807, 2.05) is 6.08 Å². The Balaban J connectivity index is 1.58. The molecule has 0 amide bonds. The zero-order valence-corrected chi connectivity index (χ0v) is 19.2. The minimum absolute atomic E-state index is 0.0418. The van der Waals surface area contributed by atoms with Gasteiger partial charge in [0.1, 0.15) is 0 Å². The van der Waals surface area contributed by atoms with Gasteiger partial charge in [0, 0.05) is 6.42 Å². The van der Waals surface area contributed by atoms with Crippen LogP contribution in [-0.2, 0) is 4.79 Å². The van der Waals surface area contributed by atoms with E-state index in [9.17, 15) is 9.90 Å². The van der Waals surface area contributed by atoms with Gasteiger partial charge in [-0.2, -0.15) is 0 Å². The highest BCUT2D eigenvalue weighted by Gasteiger charge is 2.63. The number of rotatable bonds is 4. The monoisotopic (exact) mass is 398 g/mol. The lowest BCUT2D eigenvalue weighted by atomic mass is 9.45. The first kappa shape index (κ1) is 21.3. The molecule has 0 spiro atoms. The Labute approximate surface area is 178 Å². The maximum Gasteiger partial charge on any atom is 0.155 e. The fourth-order valence-corrected chi connectivity index (χ4v) is 8.19. The zero-order chi connectivity index (χ0) is 21.0. The number of aliphatic hydroxyl groups is 1. The molecule has 3 fully saturated rings. The fourth-order valence-electron chi connectivity index (χ4n) is 8.19. The quantitative estimate of drug-likeness (QED) is 0.572. The van der Waals surface area contributed by atoms with Crippen LogP contribution in [0.3, 0.4) is 0 Å². The van der Waals surface area contributed by atoms with E-state index in [0.29, 0.717) is 53.6 Å². The van der Waals surface area contributed by atoms with Crippen LogP contribution < -0.4 is 0 Å². The van der Waals surface area contributed by atoms with Crippen LogP contribution in [0.4, 0.5) is 0 Å². The van der Waals surface area contributed by atoms with Crippen molar-refractivity contribution in [3.05, 3.63) is 24.3 Å². The van der Waals surface area contributed by atoms with E-state index in [2.05, 4.69) is 52.8 Å². The van der Waals surface area contributed by atoms with Crippen molar-refractivity contribution in [1.29, 1.82) is 0 Å². The first-order valence-electron chi connectivity index (χ1n) is 12.2. The molecule has 0 aromatic carbocycles. The second kappa shape index (κ2) is 7.66. The van der Waals surface area contributed by atoms with Crippen LogP contribution in [-0.4, -0.2) is 17.0 Å². The Morgan fingerprint density at radius 3 is 2.62 bits per heavy atom. The summed E-state index contributed by atoms with van der Waals surface area (Å²) in [6, 6.07) is 0. The summed E-state index contributed by atoms with van der Waals surface area (Å²) in [5, 5.41) is 11.6. The van der Waals surface area contributed by atoms with E-state index in [1.54, 1.807) is 0 Å². The molecule has 2 nitrogen and oxygen atoms in total. The first-order valence-corrected chi connectivity index (χ1v) is 12.2. The fraction of sp³-hybridized carbons (Fsp3) is 0.815. The lowest BCUT2D eigenvalue weighted by molar-refractivity contribution is -0.152. The number of allylic oxidation sites excluding steroid dienone is 4. The average Bonchev–Trinajstić information content (AvgIpc) is 3.02. The van der Waals surface area contributed by atoms with E-state index in [4.69, 9.17) is 0 Å². The lowest BCUT2D eigenvalue weighted by Gasteiger charge is -2.60. The van der Waals surface area contributed by atoms with Gasteiger partial charge >= 0.3 is 0 Å². The Hall–Kier alpha value is -0.890. The van der Waals surface area contributed by atoms with Gasteiger partial charge < -0.3 is 5.11 Å². The molecule has 162 valence electrons. The molecule has 1 N–H and O–H groups in total. The van der Waals surface area contributed by atoms with E-state index >= 15 is 0 Å². The maximum absolute atomic E-state index is 12.0. The number of fused-ring (bicyclic) bond motifs is 5. The number of carbonyl (C=O) groups is 1.